The molecule has 1 aliphatic carbocycles. The Balaban J connectivity index is 1.46. The molecule has 2 fully saturated rings. The number of aryl methyl sites for hydroxylation is 1. The molecule has 0 spiro atoms. The van der Waals surface area contributed by atoms with Crippen LogP contribution in [0.4, 0.5) is 10.7 Å². The number of halogens is 1. The number of aromatic amines is 1. The minimum absolute atomic E-state index is 0.0153. The van der Waals surface area contributed by atoms with Crippen LogP contribution in [-0.4, -0.2) is 54.1 Å². The van der Waals surface area contributed by atoms with Gasteiger partial charge >= 0.3 is 6.09 Å². The number of benzene rings is 1. The predicted molar refractivity (Wildman–Crippen MR) is 125 cm³/mol. The summed E-state index contributed by atoms with van der Waals surface area (Å²) in [5, 5.41) is 18.1. The maximum absolute atomic E-state index is 13.5. The van der Waals surface area contributed by atoms with Gasteiger partial charge in [-0.05, 0) is 24.8 Å². The van der Waals surface area contributed by atoms with Crippen molar-refractivity contribution in [2.45, 2.75) is 24.9 Å². The Kier molecular flexibility index (Phi) is 4.25. The van der Waals surface area contributed by atoms with Crippen molar-refractivity contribution in [3.63, 3.8) is 0 Å². The molecule has 1 amide bonds. The van der Waals surface area contributed by atoms with Gasteiger partial charge in [0.1, 0.15) is 5.65 Å². The van der Waals surface area contributed by atoms with Gasteiger partial charge in [0, 0.05) is 49.5 Å². The molecule has 1 aliphatic heterocycles. The first-order valence-corrected chi connectivity index (χ1v) is 11.2. The molecule has 170 valence electrons. The fourth-order valence-corrected chi connectivity index (χ4v) is 5.90. The number of H-pyrrole nitrogens is 1. The third-order valence-corrected chi connectivity index (χ3v) is 7.46. The zero-order valence-electron chi connectivity index (χ0n) is 18.0. The van der Waals surface area contributed by atoms with Crippen molar-refractivity contribution in [3.8, 4) is 11.1 Å². The number of carboxylic acid groups (broad SMARTS) is 1. The van der Waals surface area contributed by atoms with Crippen LogP contribution < -0.4 is 15.8 Å². The molecule has 1 saturated carbocycles. The lowest BCUT2D eigenvalue weighted by atomic mass is 10.0. The first kappa shape index (κ1) is 20.1. The van der Waals surface area contributed by atoms with Crippen molar-refractivity contribution in [1.82, 2.24) is 29.6 Å². The van der Waals surface area contributed by atoms with Gasteiger partial charge in [0.05, 0.1) is 28.0 Å². The van der Waals surface area contributed by atoms with Crippen molar-refractivity contribution in [2.24, 2.45) is 20.0 Å². The fourth-order valence-electron chi connectivity index (χ4n) is 5.59. The van der Waals surface area contributed by atoms with E-state index < -0.39 is 6.09 Å². The molecule has 2 aliphatic rings. The van der Waals surface area contributed by atoms with Crippen LogP contribution >= 0.6 is 11.6 Å². The van der Waals surface area contributed by atoms with Crippen LogP contribution in [0.3, 0.4) is 0 Å². The highest BCUT2D eigenvalue weighted by Gasteiger charge is 2.48. The Morgan fingerprint density at radius 1 is 1.27 bits per heavy atom. The second-order valence-corrected chi connectivity index (χ2v) is 9.27. The minimum atomic E-state index is -1.02. The molecule has 33 heavy (non-hydrogen) atoms. The quantitative estimate of drug-likeness (QED) is 0.426. The molecule has 10 nitrogen and oxygen atoms in total. The van der Waals surface area contributed by atoms with Gasteiger partial charge in [0.2, 0.25) is 5.95 Å². The molecule has 1 saturated heterocycles. The Morgan fingerprint density at radius 3 is 2.88 bits per heavy atom. The summed E-state index contributed by atoms with van der Waals surface area (Å²) < 4.78 is 3.26. The van der Waals surface area contributed by atoms with Crippen LogP contribution in [0.5, 0.6) is 0 Å². The van der Waals surface area contributed by atoms with E-state index in [9.17, 15) is 14.7 Å². The first-order chi connectivity index (χ1) is 15.8. The lowest BCUT2D eigenvalue weighted by Gasteiger charge is -2.29. The number of nitrogens with zero attached hydrogens (tertiary/aromatic N) is 5. The van der Waals surface area contributed by atoms with Crippen LogP contribution in [0.1, 0.15) is 12.8 Å². The van der Waals surface area contributed by atoms with Gasteiger partial charge in [-0.25, -0.2) is 4.79 Å². The van der Waals surface area contributed by atoms with Gasteiger partial charge < -0.3 is 20.3 Å². The molecule has 4 aromatic rings. The molecule has 0 unspecified atom stereocenters. The molecule has 4 heterocycles. The van der Waals surface area contributed by atoms with Gasteiger partial charge in [-0.2, -0.15) is 10.1 Å². The van der Waals surface area contributed by atoms with Crippen molar-refractivity contribution in [1.29, 1.82) is 0 Å². The zero-order chi connectivity index (χ0) is 23.0. The highest BCUT2D eigenvalue weighted by Crippen LogP contribution is 2.41. The Labute approximate surface area is 192 Å². The SMILES string of the molecule is Cn1cc2c(Cl)c(-c3c[nH]c4nc(N5C[C@@H]6CC[C@H]5[C@H]6NC(=O)O)n(C)c(=O)c34)ccc2n1. The molecule has 6 rings (SSSR count). The van der Waals surface area contributed by atoms with Gasteiger partial charge in [0.25, 0.3) is 5.56 Å². The predicted octanol–water partition coefficient (Wildman–Crippen LogP) is 2.70. The molecule has 1 aromatic carbocycles. The molecule has 3 atom stereocenters. The second kappa shape index (κ2) is 6.98. The number of amides is 1. The normalized spacial score (nSPS) is 22.0. The summed E-state index contributed by atoms with van der Waals surface area (Å²) in [6.45, 7) is 0.665. The van der Waals surface area contributed by atoms with E-state index in [-0.39, 0.29) is 23.6 Å². The van der Waals surface area contributed by atoms with Crippen molar-refractivity contribution < 1.29 is 9.90 Å². The largest absolute Gasteiger partial charge is 0.465 e. The maximum Gasteiger partial charge on any atom is 0.404 e. The summed E-state index contributed by atoms with van der Waals surface area (Å²) in [7, 11) is 3.54. The van der Waals surface area contributed by atoms with Crippen LogP contribution in [0.15, 0.2) is 29.3 Å². The number of hydrogen-bond acceptors (Lipinski definition) is 5. The zero-order valence-corrected chi connectivity index (χ0v) is 18.8. The molecule has 0 radical (unpaired) electrons. The summed E-state index contributed by atoms with van der Waals surface area (Å²) in [5.41, 5.74) is 2.51. The van der Waals surface area contributed by atoms with E-state index in [4.69, 9.17) is 16.6 Å². The van der Waals surface area contributed by atoms with Gasteiger partial charge in [0.15, 0.2) is 0 Å². The summed E-state index contributed by atoms with van der Waals surface area (Å²) in [5.74, 6) is 0.752. The van der Waals surface area contributed by atoms with E-state index in [0.717, 1.165) is 29.3 Å². The van der Waals surface area contributed by atoms with Crippen LogP contribution in [0, 0.1) is 5.92 Å². The standard InChI is InChI=1S/C22H22ClN7O3/c1-28-9-13-14(27-28)5-4-11(17(13)23)12-7-24-19-16(12)20(31)29(2)21(26-19)30-8-10-3-6-15(30)18(10)25-22(32)33/h4-5,7,9-10,15,18,24-25H,3,6,8H2,1-2H3,(H,32,33)/t10-,15-,18-/m0/s1. The van der Waals surface area contributed by atoms with Gasteiger partial charge in [-0.1, -0.05) is 17.7 Å². The number of piperidine rings is 1. The van der Waals surface area contributed by atoms with E-state index in [1.54, 1.807) is 22.5 Å². The Morgan fingerprint density at radius 2 is 2.09 bits per heavy atom. The van der Waals surface area contributed by atoms with E-state index in [1.807, 2.05) is 25.4 Å². The molecule has 11 heteroatoms. The third-order valence-electron chi connectivity index (χ3n) is 7.05. The number of anilines is 1. The fraction of sp³-hybridized carbons (Fsp3) is 0.364. The van der Waals surface area contributed by atoms with E-state index >= 15 is 0 Å². The molecule has 3 aromatic heterocycles. The minimum Gasteiger partial charge on any atom is -0.465 e. The van der Waals surface area contributed by atoms with Gasteiger partial charge in [-0.15, -0.1) is 0 Å². The summed E-state index contributed by atoms with van der Waals surface area (Å²) in [4.78, 5) is 34.7. The van der Waals surface area contributed by atoms with Crippen molar-refractivity contribution in [3.05, 3.63) is 39.9 Å². The molecular formula is C22H22ClN7O3. The number of carbonyl (C=O) groups is 1. The second-order valence-electron chi connectivity index (χ2n) is 8.90. The highest BCUT2D eigenvalue weighted by molar-refractivity contribution is 6.38. The number of nitrogens with one attached hydrogen (secondary N) is 2. The van der Waals surface area contributed by atoms with E-state index in [2.05, 4.69) is 20.3 Å². The van der Waals surface area contributed by atoms with E-state index in [0.29, 0.717) is 34.1 Å². The highest BCUT2D eigenvalue weighted by atomic mass is 35.5. The topological polar surface area (TPSA) is 121 Å². The summed E-state index contributed by atoms with van der Waals surface area (Å²) >= 11 is 6.71. The van der Waals surface area contributed by atoms with Crippen LogP contribution in [-0.2, 0) is 14.1 Å². The molecule has 3 N–H and O–H groups in total. The first-order valence-electron chi connectivity index (χ1n) is 10.8. The molecule has 2 bridgehead atoms. The number of rotatable bonds is 3. The Bertz CT molecular complexity index is 1500. The monoisotopic (exact) mass is 467 g/mol. The average molecular weight is 468 g/mol. The summed E-state index contributed by atoms with van der Waals surface area (Å²) in [6.07, 6.45) is 4.42. The van der Waals surface area contributed by atoms with Crippen molar-refractivity contribution >= 4 is 45.6 Å². The lowest BCUT2D eigenvalue weighted by Crippen LogP contribution is -2.44. The average Bonchev–Trinajstić information content (AvgIpc) is 3.53. The van der Waals surface area contributed by atoms with Crippen molar-refractivity contribution in [2.75, 3.05) is 11.4 Å². The number of hydrogen-bond donors (Lipinski definition) is 3. The number of aromatic nitrogens is 5. The Hall–Kier alpha value is -3.53. The maximum atomic E-state index is 13.5. The smallest absolute Gasteiger partial charge is 0.404 e. The van der Waals surface area contributed by atoms with Crippen LogP contribution in [0.2, 0.25) is 5.02 Å². The lowest BCUT2D eigenvalue weighted by molar-refractivity contribution is 0.188. The van der Waals surface area contributed by atoms with E-state index in [1.165, 1.54) is 0 Å². The molecular weight excluding hydrogens is 446 g/mol. The summed E-state index contributed by atoms with van der Waals surface area (Å²) in [6, 6.07) is 3.59. The third kappa shape index (κ3) is 2.86. The van der Waals surface area contributed by atoms with Crippen LogP contribution in [0.25, 0.3) is 33.1 Å². The van der Waals surface area contributed by atoms with Gasteiger partial charge in [-0.3, -0.25) is 14.0 Å². The number of fused-ring (bicyclic) bond motifs is 4.